The van der Waals surface area contributed by atoms with Gasteiger partial charge in [0.25, 0.3) is 0 Å². The number of methoxy groups -OCH3 is 1. The summed E-state index contributed by atoms with van der Waals surface area (Å²) in [5.74, 6) is 0.346. The molecule has 0 amide bonds. The highest BCUT2D eigenvalue weighted by molar-refractivity contribution is 7.89. The lowest BCUT2D eigenvalue weighted by atomic mass is 10.3. The van der Waals surface area contributed by atoms with E-state index in [1.807, 2.05) is 6.92 Å². The minimum atomic E-state index is -3.60. The topological polar surface area (TPSA) is 85.5 Å². The number of sulfonamides is 1. The van der Waals surface area contributed by atoms with E-state index in [0.717, 1.165) is 10.6 Å². The van der Waals surface area contributed by atoms with E-state index in [0.29, 0.717) is 11.4 Å². The van der Waals surface area contributed by atoms with Crippen LogP contribution in [0, 0.1) is 6.92 Å². The molecule has 0 spiro atoms. The molecule has 6 nitrogen and oxygen atoms in total. The summed E-state index contributed by atoms with van der Waals surface area (Å²) in [5, 5.41) is 0. The fourth-order valence-corrected chi connectivity index (χ4v) is 3.86. The molecule has 0 saturated heterocycles. The molecule has 0 radical (unpaired) electrons. The highest BCUT2D eigenvalue weighted by Gasteiger charge is 2.23. The predicted octanol–water partition coefficient (Wildman–Crippen LogP) is 1.86. The van der Waals surface area contributed by atoms with Gasteiger partial charge in [0.1, 0.15) is 5.75 Å². The van der Waals surface area contributed by atoms with Crippen molar-refractivity contribution in [3.63, 3.8) is 0 Å². The number of ether oxygens (including phenoxy) is 1. The van der Waals surface area contributed by atoms with E-state index in [1.165, 1.54) is 48.0 Å². The van der Waals surface area contributed by atoms with Crippen LogP contribution in [-0.4, -0.2) is 31.9 Å². The van der Waals surface area contributed by atoms with Crippen LogP contribution in [0.3, 0.4) is 0 Å². The molecule has 0 aliphatic rings. The number of rotatable bonds is 5. The van der Waals surface area contributed by atoms with E-state index >= 15 is 0 Å². The Balaban J connectivity index is 2.31. The van der Waals surface area contributed by atoms with Gasteiger partial charge in [-0.25, -0.2) is 13.4 Å². The number of thiazole rings is 1. The van der Waals surface area contributed by atoms with Crippen LogP contribution in [-0.2, 0) is 16.6 Å². The molecule has 2 rings (SSSR count). The largest absolute Gasteiger partial charge is 0.495 e. The summed E-state index contributed by atoms with van der Waals surface area (Å²) in [5.41, 5.74) is 8.66. The summed E-state index contributed by atoms with van der Waals surface area (Å²) < 4.78 is 31.5. The lowest BCUT2D eigenvalue weighted by Crippen LogP contribution is -2.26. The number of nitrogens with two attached hydrogens (primary N) is 1. The standard InChI is InChI=1S/C13H17N3O3S2/c1-9-13(20-8-15-9)7-16(2)21(17,18)10-4-5-11(14)12(6-10)19-3/h4-6,8H,7,14H2,1-3H3. The SMILES string of the molecule is COc1cc(S(=O)(=O)N(C)Cc2scnc2C)ccc1N. The zero-order valence-corrected chi connectivity index (χ0v) is 13.7. The molecule has 0 atom stereocenters. The smallest absolute Gasteiger partial charge is 0.243 e. The Labute approximate surface area is 128 Å². The number of benzene rings is 1. The van der Waals surface area contributed by atoms with Gasteiger partial charge in [0.15, 0.2) is 0 Å². The van der Waals surface area contributed by atoms with E-state index in [2.05, 4.69) is 4.98 Å². The fraction of sp³-hybridized carbons (Fsp3) is 0.308. The molecule has 1 aromatic heterocycles. The quantitative estimate of drug-likeness (QED) is 0.847. The Morgan fingerprint density at radius 2 is 2.14 bits per heavy atom. The van der Waals surface area contributed by atoms with Crippen molar-refractivity contribution in [1.82, 2.24) is 9.29 Å². The molecule has 0 aliphatic carbocycles. The molecule has 0 bridgehead atoms. The third kappa shape index (κ3) is 3.17. The summed E-state index contributed by atoms with van der Waals surface area (Å²) in [6.45, 7) is 2.14. The summed E-state index contributed by atoms with van der Waals surface area (Å²) in [6, 6.07) is 4.43. The number of nitrogen functional groups attached to an aromatic ring is 1. The average Bonchev–Trinajstić information content (AvgIpc) is 2.84. The Morgan fingerprint density at radius 1 is 1.43 bits per heavy atom. The van der Waals surface area contributed by atoms with Crippen LogP contribution in [0.4, 0.5) is 5.69 Å². The van der Waals surface area contributed by atoms with E-state index in [1.54, 1.807) is 5.51 Å². The second-order valence-corrected chi connectivity index (χ2v) is 7.51. The summed E-state index contributed by atoms with van der Waals surface area (Å²) in [6.07, 6.45) is 0. The second kappa shape index (κ2) is 6.00. The van der Waals surface area contributed by atoms with E-state index in [9.17, 15) is 8.42 Å². The maximum Gasteiger partial charge on any atom is 0.243 e. The van der Waals surface area contributed by atoms with Crippen LogP contribution in [0.15, 0.2) is 28.6 Å². The highest BCUT2D eigenvalue weighted by atomic mass is 32.2. The number of hydrogen-bond donors (Lipinski definition) is 1. The number of anilines is 1. The molecule has 8 heteroatoms. The van der Waals surface area contributed by atoms with Gasteiger partial charge in [-0.1, -0.05) is 0 Å². The van der Waals surface area contributed by atoms with Crippen LogP contribution >= 0.6 is 11.3 Å². The van der Waals surface area contributed by atoms with Crippen molar-refractivity contribution in [1.29, 1.82) is 0 Å². The highest BCUT2D eigenvalue weighted by Crippen LogP contribution is 2.27. The normalized spacial score (nSPS) is 11.8. The first-order valence-electron chi connectivity index (χ1n) is 6.15. The van der Waals surface area contributed by atoms with E-state index in [-0.39, 0.29) is 11.4 Å². The molecular weight excluding hydrogens is 310 g/mol. The molecule has 0 aliphatic heterocycles. The Bertz CT molecular complexity index is 741. The Morgan fingerprint density at radius 3 is 2.71 bits per heavy atom. The van der Waals surface area contributed by atoms with Crippen molar-refractivity contribution in [2.75, 3.05) is 19.9 Å². The zero-order chi connectivity index (χ0) is 15.6. The van der Waals surface area contributed by atoms with Crippen molar-refractivity contribution in [2.24, 2.45) is 0 Å². The number of aromatic nitrogens is 1. The molecule has 0 fully saturated rings. The maximum atomic E-state index is 12.6. The van der Waals surface area contributed by atoms with Gasteiger partial charge in [-0.2, -0.15) is 4.31 Å². The monoisotopic (exact) mass is 327 g/mol. The summed E-state index contributed by atoms with van der Waals surface area (Å²) in [7, 11) is -0.615. The zero-order valence-electron chi connectivity index (χ0n) is 12.0. The molecular formula is C13H17N3O3S2. The fourth-order valence-electron chi connectivity index (χ4n) is 1.80. The van der Waals surface area contributed by atoms with Crippen molar-refractivity contribution < 1.29 is 13.2 Å². The second-order valence-electron chi connectivity index (χ2n) is 4.53. The van der Waals surface area contributed by atoms with Gasteiger partial charge in [0.05, 0.1) is 28.9 Å². The van der Waals surface area contributed by atoms with Gasteiger partial charge in [0, 0.05) is 24.5 Å². The molecule has 1 aromatic carbocycles. The molecule has 2 N–H and O–H groups in total. The summed E-state index contributed by atoms with van der Waals surface area (Å²) >= 11 is 1.44. The average molecular weight is 327 g/mol. The van der Waals surface area contributed by atoms with Gasteiger partial charge in [0.2, 0.25) is 10.0 Å². The van der Waals surface area contributed by atoms with Crippen LogP contribution in [0.2, 0.25) is 0 Å². The minimum absolute atomic E-state index is 0.151. The van der Waals surface area contributed by atoms with Gasteiger partial charge >= 0.3 is 0 Å². The van der Waals surface area contributed by atoms with Gasteiger partial charge < -0.3 is 10.5 Å². The van der Waals surface area contributed by atoms with Gasteiger partial charge in [-0.05, 0) is 19.1 Å². The molecule has 114 valence electrons. The van der Waals surface area contributed by atoms with Crippen molar-refractivity contribution in [2.45, 2.75) is 18.4 Å². The number of nitrogens with zero attached hydrogens (tertiary/aromatic N) is 2. The first-order valence-corrected chi connectivity index (χ1v) is 8.47. The lowest BCUT2D eigenvalue weighted by Gasteiger charge is -2.17. The van der Waals surface area contributed by atoms with Crippen molar-refractivity contribution in [3.8, 4) is 5.75 Å². The van der Waals surface area contributed by atoms with Crippen LogP contribution in [0.25, 0.3) is 0 Å². The lowest BCUT2D eigenvalue weighted by molar-refractivity contribution is 0.415. The maximum absolute atomic E-state index is 12.6. The molecule has 0 unspecified atom stereocenters. The van der Waals surface area contributed by atoms with E-state index in [4.69, 9.17) is 10.5 Å². The molecule has 21 heavy (non-hydrogen) atoms. The Hall–Kier alpha value is -1.64. The minimum Gasteiger partial charge on any atom is -0.495 e. The van der Waals surface area contributed by atoms with E-state index < -0.39 is 10.0 Å². The van der Waals surface area contributed by atoms with Crippen LogP contribution in [0.5, 0.6) is 5.75 Å². The predicted molar refractivity (Wildman–Crippen MR) is 82.9 cm³/mol. The first-order chi connectivity index (χ1) is 9.86. The number of aryl methyl sites for hydroxylation is 1. The summed E-state index contributed by atoms with van der Waals surface area (Å²) in [4.78, 5) is 5.19. The molecule has 0 saturated carbocycles. The number of hydrogen-bond acceptors (Lipinski definition) is 6. The third-order valence-corrected chi connectivity index (χ3v) is 5.84. The molecule has 1 heterocycles. The third-order valence-electron chi connectivity index (χ3n) is 3.12. The van der Waals surface area contributed by atoms with Gasteiger partial charge in [-0.3, -0.25) is 0 Å². The Kier molecular flexibility index (Phi) is 4.50. The van der Waals surface area contributed by atoms with Crippen molar-refractivity contribution >= 4 is 27.0 Å². The van der Waals surface area contributed by atoms with Crippen LogP contribution in [0.1, 0.15) is 10.6 Å². The molecule has 2 aromatic rings. The van der Waals surface area contributed by atoms with Gasteiger partial charge in [-0.15, -0.1) is 11.3 Å². The van der Waals surface area contributed by atoms with Crippen LogP contribution < -0.4 is 10.5 Å². The van der Waals surface area contributed by atoms with Crippen molar-refractivity contribution in [3.05, 3.63) is 34.3 Å². The first kappa shape index (κ1) is 15.7.